The monoisotopic (exact) mass is 303 g/mol. The summed E-state index contributed by atoms with van der Waals surface area (Å²) in [6, 6.07) is 3.88. The van der Waals surface area contributed by atoms with E-state index in [0.717, 1.165) is 34.7 Å². The number of aromatic nitrogens is 2. The van der Waals surface area contributed by atoms with Gasteiger partial charge < -0.3 is 10.5 Å². The number of carbonyl (C=O) groups is 1. The molecule has 21 heavy (non-hydrogen) atoms. The number of carbonyl (C=O) groups excluding carboxylic acids is 1. The fourth-order valence-corrected chi connectivity index (χ4v) is 3.31. The fourth-order valence-electron chi connectivity index (χ4n) is 2.48. The predicted molar refractivity (Wildman–Crippen MR) is 82.0 cm³/mol. The van der Waals surface area contributed by atoms with Crippen molar-refractivity contribution in [3.63, 3.8) is 0 Å². The van der Waals surface area contributed by atoms with Crippen LogP contribution in [0.4, 0.5) is 5.13 Å². The lowest BCUT2D eigenvalue weighted by molar-refractivity contribution is -0.146. The number of nitrogen functional groups attached to an aromatic ring is 1. The van der Waals surface area contributed by atoms with Crippen LogP contribution in [-0.4, -0.2) is 22.5 Å². The number of rotatable bonds is 4. The zero-order valence-corrected chi connectivity index (χ0v) is 12.9. The number of esters is 1. The van der Waals surface area contributed by atoms with Crippen LogP contribution in [0.15, 0.2) is 18.3 Å². The van der Waals surface area contributed by atoms with E-state index in [2.05, 4.69) is 9.97 Å². The van der Waals surface area contributed by atoms with Gasteiger partial charge in [0, 0.05) is 6.20 Å². The van der Waals surface area contributed by atoms with Crippen molar-refractivity contribution in [3.8, 4) is 10.4 Å². The summed E-state index contributed by atoms with van der Waals surface area (Å²) in [5.41, 5.74) is 7.90. The highest BCUT2D eigenvalue weighted by molar-refractivity contribution is 7.18. The maximum atomic E-state index is 12.2. The summed E-state index contributed by atoms with van der Waals surface area (Å²) in [6.07, 6.45) is 3.33. The van der Waals surface area contributed by atoms with E-state index in [9.17, 15) is 4.79 Å². The summed E-state index contributed by atoms with van der Waals surface area (Å²) in [5, 5.41) is 0.549. The van der Waals surface area contributed by atoms with Crippen LogP contribution < -0.4 is 5.73 Å². The van der Waals surface area contributed by atoms with Gasteiger partial charge in [-0.2, -0.15) is 0 Å². The van der Waals surface area contributed by atoms with Gasteiger partial charge in [0.15, 0.2) is 5.13 Å². The summed E-state index contributed by atoms with van der Waals surface area (Å²) in [6.45, 7) is 4.15. The maximum absolute atomic E-state index is 12.2. The molecule has 2 N–H and O–H groups in total. The minimum absolute atomic E-state index is 0.171. The zero-order chi connectivity index (χ0) is 15.0. The van der Waals surface area contributed by atoms with Crippen LogP contribution in [0.2, 0.25) is 0 Å². The number of ether oxygens (including phenoxy) is 1. The lowest BCUT2D eigenvalue weighted by atomic mass is 10.00. The van der Waals surface area contributed by atoms with Gasteiger partial charge in [-0.3, -0.25) is 9.78 Å². The third kappa shape index (κ3) is 2.40. The van der Waals surface area contributed by atoms with Gasteiger partial charge in [-0.1, -0.05) is 11.3 Å². The molecule has 0 atom stereocenters. The molecule has 2 aromatic rings. The quantitative estimate of drug-likeness (QED) is 0.879. The van der Waals surface area contributed by atoms with Crippen LogP contribution in [-0.2, 0) is 14.9 Å². The molecule has 2 aromatic heterocycles. The van der Waals surface area contributed by atoms with E-state index in [0.29, 0.717) is 11.7 Å². The second kappa shape index (κ2) is 5.11. The molecule has 2 heterocycles. The first-order valence-corrected chi connectivity index (χ1v) is 7.75. The minimum Gasteiger partial charge on any atom is -0.465 e. The number of hydrogen-bond donors (Lipinski definition) is 1. The molecule has 5 nitrogen and oxygen atoms in total. The molecule has 0 spiro atoms. The van der Waals surface area contributed by atoms with E-state index in [4.69, 9.17) is 10.5 Å². The van der Waals surface area contributed by atoms with Crippen molar-refractivity contribution in [2.45, 2.75) is 32.1 Å². The first-order chi connectivity index (χ1) is 10.1. The summed E-state index contributed by atoms with van der Waals surface area (Å²) < 4.78 is 5.19. The molecule has 0 bridgehead atoms. The molecule has 1 aliphatic rings. The SMILES string of the molecule is CCOC(=O)C1(c2cc(-c3sc(N)nc3C)ccn2)CC1. The molecule has 0 saturated heterocycles. The Bertz CT molecular complexity index is 692. The number of nitrogens with two attached hydrogens (primary N) is 1. The first kappa shape index (κ1) is 14.0. The molecule has 0 radical (unpaired) electrons. The number of aryl methyl sites for hydroxylation is 1. The lowest BCUT2D eigenvalue weighted by Crippen LogP contribution is -2.24. The van der Waals surface area contributed by atoms with Crippen molar-refractivity contribution < 1.29 is 9.53 Å². The van der Waals surface area contributed by atoms with Crippen molar-refractivity contribution in [2.75, 3.05) is 12.3 Å². The largest absolute Gasteiger partial charge is 0.465 e. The lowest BCUT2D eigenvalue weighted by Gasteiger charge is -2.13. The Balaban J connectivity index is 1.98. The number of thiazole rings is 1. The second-order valence-corrected chi connectivity index (χ2v) is 6.23. The fraction of sp³-hybridized carbons (Fsp3) is 0.400. The van der Waals surface area contributed by atoms with Gasteiger partial charge in [0.05, 0.1) is 22.9 Å². The molecular weight excluding hydrogens is 286 g/mol. The van der Waals surface area contributed by atoms with Crippen molar-refractivity contribution in [1.82, 2.24) is 9.97 Å². The Kier molecular flexibility index (Phi) is 3.41. The van der Waals surface area contributed by atoms with Crippen LogP contribution in [0.3, 0.4) is 0 Å². The summed E-state index contributed by atoms with van der Waals surface area (Å²) >= 11 is 1.45. The molecule has 0 aliphatic heterocycles. The maximum Gasteiger partial charge on any atom is 0.318 e. The van der Waals surface area contributed by atoms with Gasteiger partial charge in [-0.05, 0) is 44.4 Å². The molecule has 1 fully saturated rings. The van der Waals surface area contributed by atoms with E-state index in [1.54, 1.807) is 6.20 Å². The van der Waals surface area contributed by atoms with Crippen molar-refractivity contribution in [1.29, 1.82) is 0 Å². The van der Waals surface area contributed by atoms with Gasteiger partial charge in [-0.25, -0.2) is 4.98 Å². The molecule has 3 rings (SSSR count). The molecule has 0 amide bonds. The molecule has 1 aliphatic carbocycles. The predicted octanol–water partition coefficient (Wildman–Crippen LogP) is 2.69. The van der Waals surface area contributed by atoms with E-state index < -0.39 is 5.41 Å². The highest BCUT2D eigenvalue weighted by Gasteiger charge is 2.54. The van der Waals surface area contributed by atoms with Crippen LogP contribution in [0.25, 0.3) is 10.4 Å². The Morgan fingerprint density at radius 2 is 2.29 bits per heavy atom. The number of pyridine rings is 1. The number of nitrogens with zero attached hydrogens (tertiary/aromatic N) is 2. The number of anilines is 1. The van der Waals surface area contributed by atoms with Crippen LogP contribution in [0, 0.1) is 6.92 Å². The van der Waals surface area contributed by atoms with Crippen molar-refractivity contribution in [3.05, 3.63) is 29.7 Å². The normalized spacial score (nSPS) is 15.7. The van der Waals surface area contributed by atoms with Gasteiger partial charge in [0.25, 0.3) is 0 Å². The standard InChI is InChI=1S/C15H17N3O2S/c1-3-20-13(19)15(5-6-15)11-8-10(4-7-17-11)12-9(2)18-14(16)21-12/h4,7-8H,3,5-6H2,1-2H3,(H2,16,18). The van der Waals surface area contributed by atoms with Crippen LogP contribution in [0.5, 0.6) is 0 Å². The smallest absolute Gasteiger partial charge is 0.318 e. The highest BCUT2D eigenvalue weighted by atomic mass is 32.1. The van der Waals surface area contributed by atoms with Gasteiger partial charge in [0.1, 0.15) is 5.41 Å². The Labute approximate surface area is 127 Å². The molecule has 0 aromatic carbocycles. The highest BCUT2D eigenvalue weighted by Crippen LogP contribution is 2.49. The van der Waals surface area contributed by atoms with Crippen LogP contribution >= 0.6 is 11.3 Å². The minimum atomic E-state index is -0.545. The topological polar surface area (TPSA) is 78.1 Å². The molecule has 110 valence electrons. The van der Waals surface area contributed by atoms with Gasteiger partial charge in [-0.15, -0.1) is 0 Å². The van der Waals surface area contributed by atoms with Gasteiger partial charge in [0.2, 0.25) is 0 Å². The first-order valence-electron chi connectivity index (χ1n) is 6.94. The summed E-state index contributed by atoms with van der Waals surface area (Å²) in [4.78, 5) is 21.8. The summed E-state index contributed by atoms with van der Waals surface area (Å²) in [7, 11) is 0. The van der Waals surface area contributed by atoms with Crippen molar-refractivity contribution in [2.24, 2.45) is 0 Å². The third-order valence-electron chi connectivity index (χ3n) is 3.74. The molecule has 0 unspecified atom stereocenters. The average molecular weight is 303 g/mol. The van der Waals surface area contributed by atoms with E-state index in [1.807, 2.05) is 26.0 Å². The molecular formula is C15H17N3O2S. The molecule has 6 heteroatoms. The van der Waals surface area contributed by atoms with Crippen molar-refractivity contribution >= 4 is 22.4 Å². The van der Waals surface area contributed by atoms with E-state index in [1.165, 1.54) is 11.3 Å². The third-order valence-corrected chi connectivity index (χ3v) is 4.78. The summed E-state index contributed by atoms with van der Waals surface area (Å²) in [5.74, 6) is -0.171. The molecule has 1 saturated carbocycles. The van der Waals surface area contributed by atoms with Crippen LogP contribution in [0.1, 0.15) is 31.2 Å². The Hall–Kier alpha value is -1.95. The van der Waals surface area contributed by atoms with E-state index >= 15 is 0 Å². The zero-order valence-electron chi connectivity index (χ0n) is 12.0. The average Bonchev–Trinajstić information content (AvgIpc) is 3.20. The Morgan fingerprint density at radius 3 is 2.86 bits per heavy atom. The number of hydrogen-bond acceptors (Lipinski definition) is 6. The Morgan fingerprint density at radius 1 is 1.52 bits per heavy atom. The van der Waals surface area contributed by atoms with E-state index in [-0.39, 0.29) is 5.97 Å². The van der Waals surface area contributed by atoms with Gasteiger partial charge >= 0.3 is 5.97 Å². The second-order valence-electron chi connectivity index (χ2n) is 5.20.